The molecule has 0 aliphatic carbocycles. The average Bonchev–Trinajstić information content (AvgIpc) is 2.38. The van der Waals surface area contributed by atoms with E-state index in [1.165, 1.54) is 11.1 Å². The van der Waals surface area contributed by atoms with Crippen LogP contribution >= 0.6 is 0 Å². The smallest absolute Gasteiger partial charge is 0.119 e. The summed E-state index contributed by atoms with van der Waals surface area (Å²) < 4.78 is 11.5. The van der Waals surface area contributed by atoms with Crippen LogP contribution in [0, 0.1) is 13.8 Å². The SMILES string of the molecule is Cc1cc(C)cc(OCCN2CCOC(C(C)N)C2)c1. The highest BCUT2D eigenvalue weighted by molar-refractivity contribution is 5.32. The maximum Gasteiger partial charge on any atom is 0.119 e. The van der Waals surface area contributed by atoms with Crippen LogP contribution in [0.2, 0.25) is 0 Å². The molecule has 2 rings (SSSR count). The van der Waals surface area contributed by atoms with Crippen LogP contribution in [0.25, 0.3) is 0 Å². The Bertz CT molecular complexity index is 414. The molecule has 0 aromatic heterocycles. The second-order valence-electron chi connectivity index (χ2n) is 5.74. The van der Waals surface area contributed by atoms with E-state index >= 15 is 0 Å². The van der Waals surface area contributed by atoms with Gasteiger partial charge in [0.15, 0.2) is 0 Å². The number of aryl methyl sites for hydroxylation is 2. The minimum absolute atomic E-state index is 0.0816. The molecule has 112 valence electrons. The molecule has 20 heavy (non-hydrogen) atoms. The van der Waals surface area contributed by atoms with Crippen molar-refractivity contribution in [2.24, 2.45) is 5.73 Å². The van der Waals surface area contributed by atoms with E-state index in [0.717, 1.165) is 32.0 Å². The summed E-state index contributed by atoms with van der Waals surface area (Å²) in [7, 11) is 0. The largest absolute Gasteiger partial charge is 0.492 e. The van der Waals surface area contributed by atoms with Crippen molar-refractivity contribution >= 4 is 0 Å². The Morgan fingerprint density at radius 2 is 2.05 bits per heavy atom. The molecule has 1 aliphatic heterocycles. The molecule has 2 N–H and O–H groups in total. The van der Waals surface area contributed by atoms with Crippen LogP contribution < -0.4 is 10.5 Å². The van der Waals surface area contributed by atoms with Gasteiger partial charge in [0, 0.05) is 25.7 Å². The van der Waals surface area contributed by atoms with Gasteiger partial charge >= 0.3 is 0 Å². The van der Waals surface area contributed by atoms with E-state index in [-0.39, 0.29) is 12.1 Å². The lowest BCUT2D eigenvalue weighted by atomic mass is 10.1. The highest BCUT2D eigenvalue weighted by atomic mass is 16.5. The standard InChI is InChI=1S/C16H26N2O2/c1-12-8-13(2)10-15(9-12)19-6-4-18-5-7-20-16(11-18)14(3)17/h8-10,14,16H,4-7,11,17H2,1-3H3. The molecule has 0 saturated carbocycles. The zero-order valence-corrected chi connectivity index (χ0v) is 12.8. The van der Waals surface area contributed by atoms with Crippen LogP contribution in [0.4, 0.5) is 0 Å². The Hall–Kier alpha value is -1.10. The third-order valence-corrected chi connectivity index (χ3v) is 3.64. The van der Waals surface area contributed by atoms with Crippen LogP contribution in [0.15, 0.2) is 18.2 Å². The zero-order chi connectivity index (χ0) is 14.5. The first-order chi connectivity index (χ1) is 9.54. The Balaban J connectivity index is 1.77. The van der Waals surface area contributed by atoms with Crippen LogP contribution in [0.3, 0.4) is 0 Å². The van der Waals surface area contributed by atoms with Crippen LogP contribution in [0.1, 0.15) is 18.1 Å². The van der Waals surface area contributed by atoms with Gasteiger partial charge in [-0.15, -0.1) is 0 Å². The lowest BCUT2D eigenvalue weighted by molar-refractivity contribution is -0.0402. The molecule has 1 heterocycles. The maximum atomic E-state index is 5.90. The highest BCUT2D eigenvalue weighted by Gasteiger charge is 2.22. The molecule has 4 heteroatoms. The van der Waals surface area contributed by atoms with Crippen molar-refractivity contribution in [3.8, 4) is 5.75 Å². The number of ether oxygens (including phenoxy) is 2. The van der Waals surface area contributed by atoms with Gasteiger partial charge in [0.2, 0.25) is 0 Å². The molecule has 0 amide bonds. The van der Waals surface area contributed by atoms with Gasteiger partial charge in [0.05, 0.1) is 12.7 Å². The third kappa shape index (κ3) is 4.47. The second-order valence-corrected chi connectivity index (χ2v) is 5.74. The van der Waals surface area contributed by atoms with Gasteiger partial charge < -0.3 is 15.2 Å². The van der Waals surface area contributed by atoms with Gasteiger partial charge in [-0.1, -0.05) is 6.07 Å². The van der Waals surface area contributed by atoms with E-state index in [2.05, 4.69) is 36.9 Å². The number of morpholine rings is 1. The Morgan fingerprint density at radius 3 is 2.70 bits per heavy atom. The number of hydrogen-bond donors (Lipinski definition) is 1. The number of nitrogens with zero attached hydrogens (tertiary/aromatic N) is 1. The zero-order valence-electron chi connectivity index (χ0n) is 12.8. The van der Waals surface area contributed by atoms with E-state index in [1.807, 2.05) is 6.92 Å². The molecule has 0 radical (unpaired) electrons. The second kappa shape index (κ2) is 7.07. The summed E-state index contributed by atoms with van der Waals surface area (Å²) in [6.45, 7) is 10.4. The fourth-order valence-corrected chi connectivity index (χ4v) is 2.56. The van der Waals surface area contributed by atoms with Gasteiger partial charge in [0.1, 0.15) is 12.4 Å². The lowest BCUT2D eigenvalue weighted by Crippen LogP contribution is -2.50. The molecule has 0 bridgehead atoms. The van der Waals surface area contributed by atoms with Crippen molar-refractivity contribution in [2.75, 3.05) is 32.8 Å². The summed E-state index contributed by atoms with van der Waals surface area (Å²) in [5.41, 5.74) is 8.38. The summed E-state index contributed by atoms with van der Waals surface area (Å²) in [5, 5.41) is 0. The van der Waals surface area contributed by atoms with Gasteiger partial charge in [-0.2, -0.15) is 0 Å². The summed E-state index contributed by atoms with van der Waals surface area (Å²) in [4.78, 5) is 2.36. The molecule has 4 nitrogen and oxygen atoms in total. The third-order valence-electron chi connectivity index (χ3n) is 3.64. The molecule has 1 aromatic rings. The molecular weight excluding hydrogens is 252 g/mol. The predicted octanol–water partition coefficient (Wildman–Crippen LogP) is 1.73. The molecule has 1 aliphatic rings. The van der Waals surface area contributed by atoms with Gasteiger partial charge in [-0.25, -0.2) is 0 Å². The van der Waals surface area contributed by atoms with Gasteiger partial charge in [-0.05, 0) is 44.0 Å². The first kappa shape index (κ1) is 15.3. The molecule has 2 atom stereocenters. The molecule has 1 fully saturated rings. The minimum atomic E-state index is 0.0816. The van der Waals surface area contributed by atoms with Crippen molar-refractivity contribution in [3.63, 3.8) is 0 Å². The van der Waals surface area contributed by atoms with Crippen molar-refractivity contribution in [1.82, 2.24) is 4.90 Å². The van der Waals surface area contributed by atoms with Gasteiger partial charge in [0.25, 0.3) is 0 Å². The number of hydrogen-bond acceptors (Lipinski definition) is 4. The van der Waals surface area contributed by atoms with Crippen LogP contribution in [0.5, 0.6) is 5.75 Å². The van der Waals surface area contributed by atoms with Crippen LogP contribution in [-0.2, 0) is 4.74 Å². The van der Waals surface area contributed by atoms with E-state index < -0.39 is 0 Å². The van der Waals surface area contributed by atoms with E-state index in [0.29, 0.717) is 6.61 Å². The highest BCUT2D eigenvalue weighted by Crippen LogP contribution is 2.16. The summed E-state index contributed by atoms with van der Waals surface area (Å²) >= 11 is 0. The van der Waals surface area contributed by atoms with Crippen molar-refractivity contribution in [1.29, 1.82) is 0 Å². The average molecular weight is 278 g/mol. The fraction of sp³-hybridized carbons (Fsp3) is 0.625. The van der Waals surface area contributed by atoms with Gasteiger partial charge in [-0.3, -0.25) is 4.90 Å². The Kier molecular flexibility index (Phi) is 5.40. The monoisotopic (exact) mass is 278 g/mol. The number of benzene rings is 1. The molecule has 1 saturated heterocycles. The van der Waals surface area contributed by atoms with Crippen LogP contribution in [-0.4, -0.2) is 49.9 Å². The summed E-state index contributed by atoms with van der Waals surface area (Å²) in [6, 6.07) is 6.40. The fourth-order valence-electron chi connectivity index (χ4n) is 2.56. The van der Waals surface area contributed by atoms with Crippen molar-refractivity contribution in [2.45, 2.75) is 32.9 Å². The van der Waals surface area contributed by atoms with E-state index in [1.54, 1.807) is 0 Å². The first-order valence-corrected chi connectivity index (χ1v) is 7.35. The van der Waals surface area contributed by atoms with E-state index in [9.17, 15) is 0 Å². The topological polar surface area (TPSA) is 47.7 Å². The van der Waals surface area contributed by atoms with E-state index in [4.69, 9.17) is 15.2 Å². The summed E-state index contributed by atoms with van der Waals surface area (Å²) in [6.07, 6.45) is 0.143. The maximum absolute atomic E-state index is 5.90. The summed E-state index contributed by atoms with van der Waals surface area (Å²) in [5.74, 6) is 0.958. The minimum Gasteiger partial charge on any atom is -0.492 e. The molecular formula is C16H26N2O2. The predicted molar refractivity (Wildman–Crippen MR) is 81.2 cm³/mol. The number of nitrogens with two attached hydrogens (primary N) is 1. The molecule has 1 aromatic carbocycles. The quantitative estimate of drug-likeness (QED) is 0.891. The van der Waals surface area contributed by atoms with Crippen molar-refractivity contribution < 1.29 is 9.47 Å². The Labute approximate surface area is 121 Å². The normalized spacial score (nSPS) is 21.7. The van der Waals surface area contributed by atoms with Crippen molar-refractivity contribution in [3.05, 3.63) is 29.3 Å². The molecule has 0 spiro atoms. The first-order valence-electron chi connectivity index (χ1n) is 7.35. The molecule has 2 unspecified atom stereocenters. The Morgan fingerprint density at radius 1 is 1.35 bits per heavy atom. The lowest BCUT2D eigenvalue weighted by Gasteiger charge is -2.34. The number of rotatable bonds is 5.